The van der Waals surface area contributed by atoms with E-state index in [9.17, 15) is 14.4 Å². The number of amides is 3. The second-order valence-electron chi connectivity index (χ2n) is 6.65. The van der Waals surface area contributed by atoms with Crippen LogP contribution in [0.3, 0.4) is 0 Å². The van der Waals surface area contributed by atoms with Gasteiger partial charge in [-0.05, 0) is 41.8 Å². The minimum atomic E-state index is -0.324. The molecule has 2 aromatic carbocycles. The summed E-state index contributed by atoms with van der Waals surface area (Å²) in [5.74, 6) is -0.708. The molecule has 0 fully saturated rings. The van der Waals surface area contributed by atoms with E-state index in [0.717, 1.165) is 12.0 Å². The van der Waals surface area contributed by atoms with Crippen molar-refractivity contribution in [3.63, 3.8) is 0 Å². The van der Waals surface area contributed by atoms with E-state index in [1.54, 1.807) is 29.2 Å². The lowest BCUT2D eigenvalue weighted by Crippen LogP contribution is -2.39. The average molecular weight is 349 g/mol. The van der Waals surface area contributed by atoms with Gasteiger partial charge in [0.1, 0.15) is 0 Å². The smallest absolute Gasteiger partial charge is 0.261 e. The standard InChI is InChI=1S/C20H19N3O3/c21-15-6-5-13-7-9-22(12-14(13)11-15)18(24)8-10-23-19(25)16-3-1-2-4-17(16)20(23)26/h1-6,11H,7-10,12,21H2. The van der Waals surface area contributed by atoms with Crippen molar-refractivity contribution in [3.05, 3.63) is 64.7 Å². The van der Waals surface area contributed by atoms with Crippen LogP contribution in [-0.4, -0.2) is 40.6 Å². The minimum Gasteiger partial charge on any atom is -0.399 e. The summed E-state index contributed by atoms with van der Waals surface area (Å²) in [6.07, 6.45) is 0.914. The van der Waals surface area contributed by atoms with Gasteiger partial charge in [0.2, 0.25) is 5.91 Å². The second kappa shape index (κ2) is 6.29. The number of nitrogen functional groups attached to an aromatic ring is 1. The molecule has 4 rings (SSSR count). The van der Waals surface area contributed by atoms with Gasteiger partial charge in [-0.25, -0.2) is 0 Å². The number of fused-ring (bicyclic) bond motifs is 2. The van der Waals surface area contributed by atoms with Gasteiger partial charge in [0.25, 0.3) is 11.8 Å². The van der Waals surface area contributed by atoms with Crippen LogP contribution >= 0.6 is 0 Å². The third-order valence-electron chi connectivity index (χ3n) is 5.02. The van der Waals surface area contributed by atoms with Crippen molar-refractivity contribution in [2.75, 3.05) is 18.8 Å². The summed E-state index contributed by atoms with van der Waals surface area (Å²) in [5.41, 5.74) is 9.61. The molecule has 0 aliphatic carbocycles. The van der Waals surface area contributed by atoms with Gasteiger partial charge in [-0.2, -0.15) is 0 Å². The van der Waals surface area contributed by atoms with Gasteiger partial charge in [-0.1, -0.05) is 18.2 Å². The average Bonchev–Trinajstić information content (AvgIpc) is 2.90. The summed E-state index contributed by atoms with van der Waals surface area (Å²) in [5, 5.41) is 0. The van der Waals surface area contributed by atoms with Crippen molar-refractivity contribution in [1.82, 2.24) is 9.80 Å². The summed E-state index contributed by atoms with van der Waals surface area (Å²) in [6, 6.07) is 12.5. The zero-order valence-corrected chi connectivity index (χ0v) is 14.3. The molecule has 2 aliphatic rings. The van der Waals surface area contributed by atoms with E-state index in [2.05, 4.69) is 0 Å². The molecule has 3 amide bonds. The Bertz CT molecular complexity index is 887. The normalized spacial score (nSPS) is 15.8. The number of carbonyl (C=O) groups is 3. The van der Waals surface area contributed by atoms with Crippen LogP contribution in [0.4, 0.5) is 5.69 Å². The van der Waals surface area contributed by atoms with Crippen LogP contribution in [0.15, 0.2) is 42.5 Å². The Balaban J connectivity index is 1.41. The number of benzene rings is 2. The molecule has 2 heterocycles. The molecule has 2 N–H and O–H groups in total. The predicted octanol–water partition coefficient (Wildman–Crippen LogP) is 1.84. The second-order valence-corrected chi connectivity index (χ2v) is 6.65. The fraction of sp³-hybridized carbons (Fsp3) is 0.250. The molecule has 0 atom stereocenters. The van der Waals surface area contributed by atoms with Crippen LogP contribution in [-0.2, 0) is 17.8 Å². The number of rotatable bonds is 3. The van der Waals surface area contributed by atoms with Gasteiger partial charge in [0.05, 0.1) is 11.1 Å². The van der Waals surface area contributed by atoms with E-state index in [1.165, 1.54) is 10.5 Å². The Morgan fingerprint density at radius 2 is 1.69 bits per heavy atom. The van der Waals surface area contributed by atoms with E-state index >= 15 is 0 Å². The summed E-state index contributed by atoms with van der Waals surface area (Å²) in [7, 11) is 0. The van der Waals surface area contributed by atoms with Gasteiger partial charge >= 0.3 is 0 Å². The lowest BCUT2D eigenvalue weighted by atomic mass is 9.99. The van der Waals surface area contributed by atoms with Crippen molar-refractivity contribution < 1.29 is 14.4 Å². The zero-order valence-electron chi connectivity index (χ0n) is 14.3. The van der Waals surface area contributed by atoms with Crippen LogP contribution in [0.5, 0.6) is 0 Å². The molecule has 2 aliphatic heterocycles. The number of hydrogen-bond acceptors (Lipinski definition) is 4. The molecule has 0 radical (unpaired) electrons. The molecule has 0 saturated carbocycles. The fourth-order valence-electron chi connectivity index (χ4n) is 3.60. The van der Waals surface area contributed by atoms with Crippen LogP contribution < -0.4 is 5.73 Å². The van der Waals surface area contributed by atoms with Crippen molar-refractivity contribution in [1.29, 1.82) is 0 Å². The summed E-state index contributed by atoms with van der Waals surface area (Å²) >= 11 is 0. The molecule has 6 heteroatoms. The third kappa shape index (κ3) is 2.73. The maximum absolute atomic E-state index is 12.6. The summed E-state index contributed by atoms with van der Waals surface area (Å²) in [4.78, 5) is 40.2. The van der Waals surface area contributed by atoms with E-state index in [4.69, 9.17) is 5.73 Å². The SMILES string of the molecule is Nc1ccc2c(c1)CN(C(=O)CCN1C(=O)c3ccccc3C1=O)CC2. The van der Waals surface area contributed by atoms with Crippen molar-refractivity contribution in [2.45, 2.75) is 19.4 Å². The summed E-state index contributed by atoms with van der Waals surface area (Å²) in [6.45, 7) is 1.25. The molecule has 0 saturated heterocycles. The van der Waals surface area contributed by atoms with E-state index in [1.807, 2.05) is 18.2 Å². The largest absolute Gasteiger partial charge is 0.399 e. The Kier molecular flexibility index (Phi) is 3.95. The number of nitrogens with two attached hydrogens (primary N) is 1. The highest BCUT2D eigenvalue weighted by molar-refractivity contribution is 6.21. The van der Waals surface area contributed by atoms with Gasteiger partial charge in [-0.3, -0.25) is 19.3 Å². The fourth-order valence-corrected chi connectivity index (χ4v) is 3.60. The van der Waals surface area contributed by atoms with Gasteiger partial charge < -0.3 is 10.6 Å². The Morgan fingerprint density at radius 3 is 2.38 bits per heavy atom. The van der Waals surface area contributed by atoms with Crippen LogP contribution in [0.2, 0.25) is 0 Å². The van der Waals surface area contributed by atoms with Crippen molar-refractivity contribution in [3.8, 4) is 0 Å². The molecule has 0 aromatic heterocycles. The van der Waals surface area contributed by atoms with E-state index in [-0.39, 0.29) is 30.7 Å². The number of imide groups is 1. The zero-order chi connectivity index (χ0) is 18.3. The lowest BCUT2D eigenvalue weighted by Gasteiger charge is -2.29. The minimum absolute atomic E-state index is 0.0605. The molecule has 0 bridgehead atoms. The maximum Gasteiger partial charge on any atom is 0.261 e. The third-order valence-corrected chi connectivity index (χ3v) is 5.02. The maximum atomic E-state index is 12.6. The molecule has 0 spiro atoms. The number of hydrogen-bond donors (Lipinski definition) is 1. The van der Waals surface area contributed by atoms with Gasteiger partial charge in [-0.15, -0.1) is 0 Å². The van der Waals surface area contributed by atoms with Crippen molar-refractivity contribution >= 4 is 23.4 Å². The van der Waals surface area contributed by atoms with Gasteiger partial charge in [0.15, 0.2) is 0 Å². The predicted molar refractivity (Wildman–Crippen MR) is 96.4 cm³/mol. The number of nitrogens with zero attached hydrogens (tertiary/aromatic N) is 2. The van der Waals surface area contributed by atoms with Gasteiger partial charge in [0, 0.05) is 31.7 Å². The highest BCUT2D eigenvalue weighted by Gasteiger charge is 2.35. The molecule has 0 unspecified atom stereocenters. The molecule has 6 nitrogen and oxygen atoms in total. The monoisotopic (exact) mass is 349 g/mol. The molecular formula is C20H19N3O3. The first-order valence-electron chi connectivity index (χ1n) is 8.65. The molecule has 132 valence electrons. The van der Waals surface area contributed by atoms with E-state index < -0.39 is 0 Å². The highest BCUT2D eigenvalue weighted by Crippen LogP contribution is 2.24. The van der Waals surface area contributed by atoms with Crippen molar-refractivity contribution in [2.24, 2.45) is 0 Å². The summed E-state index contributed by atoms with van der Waals surface area (Å²) < 4.78 is 0. The first kappa shape index (κ1) is 16.3. The molecular weight excluding hydrogens is 330 g/mol. The van der Waals surface area contributed by atoms with Crippen LogP contribution in [0.1, 0.15) is 38.3 Å². The number of anilines is 1. The molecule has 26 heavy (non-hydrogen) atoms. The highest BCUT2D eigenvalue weighted by atomic mass is 16.2. The quantitative estimate of drug-likeness (QED) is 0.677. The molecule has 2 aromatic rings. The first-order valence-corrected chi connectivity index (χ1v) is 8.65. The van der Waals surface area contributed by atoms with Crippen LogP contribution in [0.25, 0.3) is 0 Å². The van der Waals surface area contributed by atoms with E-state index in [0.29, 0.717) is 29.9 Å². The topological polar surface area (TPSA) is 83.7 Å². The van der Waals surface area contributed by atoms with Crippen LogP contribution in [0, 0.1) is 0 Å². The Hall–Kier alpha value is -3.15. The Labute approximate surface area is 151 Å². The number of carbonyl (C=O) groups excluding carboxylic acids is 3. The Morgan fingerprint density at radius 1 is 1.00 bits per heavy atom. The first-order chi connectivity index (χ1) is 12.5. The lowest BCUT2D eigenvalue weighted by molar-refractivity contribution is -0.132.